The number of ketones is 1. The van der Waals surface area contributed by atoms with Crippen LogP contribution in [0.2, 0.25) is 0 Å². The van der Waals surface area contributed by atoms with Crippen LogP contribution in [0.3, 0.4) is 0 Å². The first-order valence-corrected chi connectivity index (χ1v) is 13.7. The predicted octanol–water partition coefficient (Wildman–Crippen LogP) is 6.59. The molecule has 0 radical (unpaired) electrons. The number of aryl methyl sites for hydroxylation is 1. The maximum Gasteiger partial charge on any atom is 0.188 e. The molecule has 180 valence electrons. The van der Waals surface area contributed by atoms with Crippen LogP contribution in [-0.2, 0) is 20.0 Å². The molecule has 0 fully saturated rings. The summed E-state index contributed by atoms with van der Waals surface area (Å²) in [6, 6.07) is 5.91. The Hall–Kier alpha value is -1.53. The topological polar surface area (TPSA) is 60.4 Å². The summed E-state index contributed by atoms with van der Waals surface area (Å²) >= 11 is 4.91. The number of hydrogen-bond acceptors (Lipinski definition) is 5. The van der Waals surface area contributed by atoms with Crippen LogP contribution in [0, 0.1) is 12.3 Å². The number of carbonyl (C=O) groups excluding carboxylic acids is 1. The van der Waals surface area contributed by atoms with Gasteiger partial charge in [-0.05, 0) is 61.3 Å². The molecule has 0 N–H and O–H groups in total. The molecule has 32 heavy (non-hydrogen) atoms. The fraction of sp³-hybridized carbons (Fsp3) is 0.577. The summed E-state index contributed by atoms with van der Waals surface area (Å²) in [6.45, 7) is 14.1. The quantitative estimate of drug-likeness (QED) is 0.287. The lowest BCUT2D eigenvalue weighted by molar-refractivity contribution is -0.126. The molecular formula is C26H40O4S2. The smallest absolute Gasteiger partial charge is 0.188 e. The third kappa shape index (κ3) is 8.11. The summed E-state index contributed by atoms with van der Waals surface area (Å²) in [5.41, 5.74) is 2.56. The van der Waals surface area contributed by atoms with Gasteiger partial charge in [-0.2, -0.15) is 0 Å². The molecule has 0 unspecified atom stereocenters. The van der Waals surface area contributed by atoms with Crippen molar-refractivity contribution in [3.05, 3.63) is 52.0 Å². The van der Waals surface area contributed by atoms with E-state index >= 15 is 0 Å². The van der Waals surface area contributed by atoms with Crippen molar-refractivity contribution in [1.82, 2.24) is 0 Å². The van der Waals surface area contributed by atoms with Crippen LogP contribution in [-0.4, -0.2) is 26.4 Å². The lowest BCUT2D eigenvalue weighted by Gasteiger charge is -2.34. The van der Waals surface area contributed by atoms with Gasteiger partial charge in [0, 0.05) is 23.5 Å². The summed E-state index contributed by atoms with van der Waals surface area (Å²) in [7, 11) is -3.21. The molecule has 0 atom stereocenters. The number of hydrogen-bond donors (Lipinski definition) is 1. The molecular weight excluding hydrogens is 440 g/mol. The number of ether oxygens (including phenoxy) is 1. The standard InChI is InChI=1S/C26H40O4S2/c1-9-26(10-2,21-14-15-22(20(4)17-21)30-18-32(8,28)29)24(31)16-19(3)12-11-13-23(27)25(5,6)7/h12,14-17,31H,9-11,13,18H2,1-8H3/b19-12+,24-16-. The molecule has 0 heterocycles. The van der Waals surface area contributed by atoms with Gasteiger partial charge in [-0.15, -0.1) is 12.6 Å². The normalized spacial score (nSPS) is 13.9. The van der Waals surface area contributed by atoms with Gasteiger partial charge in [-0.25, -0.2) is 8.42 Å². The second-order valence-corrected chi connectivity index (χ2v) is 12.2. The van der Waals surface area contributed by atoms with E-state index in [4.69, 9.17) is 17.4 Å². The Morgan fingerprint density at radius 2 is 1.75 bits per heavy atom. The van der Waals surface area contributed by atoms with Crippen molar-refractivity contribution in [2.24, 2.45) is 5.41 Å². The Labute approximate surface area is 200 Å². The largest absolute Gasteiger partial charge is 0.478 e. The van der Waals surface area contributed by atoms with Crippen molar-refractivity contribution in [3.63, 3.8) is 0 Å². The van der Waals surface area contributed by atoms with Crippen molar-refractivity contribution in [1.29, 1.82) is 0 Å². The summed E-state index contributed by atoms with van der Waals surface area (Å²) in [5.74, 6) is 0.505. The summed E-state index contributed by atoms with van der Waals surface area (Å²) in [4.78, 5) is 13.1. The molecule has 0 spiro atoms. The first kappa shape index (κ1) is 28.5. The molecule has 0 aromatic heterocycles. The van der Waals surface area contributed by atoms with Gasteiger partial charge in [-0.3, -0.25) is 4.79 Å². The lowest BCUT2D eigenvalue weighted by Crippen LogP contribution is -2.25. The van der Waals surface area contributed by atoms with Crippen LogP contribution in [0.1, 0.15) is 78.4 Å². The number of sulfone groups is 1. The number of Topliss-reactive ketones (excluding diaryl/α,β-unsaturated/α-hetero) is 1. The van der Waals surface area contributed by atoms with Gasteiger partial charge in [0.1, 0.15) is 11.5 Å². The number of carbonyl (C=O) groups is 1. The predicted molar refractivity (Wildman–Crippen MR) is 138 cm³/mol. The molecule has 0 aliphatic rings. The minimum atomic E-state index is -3.21. The molecule has 0 amide bonds. The Kier molecular flexibility index (Phi) is 10.3. The van der Waals surface area contributed by atoms with Gasteiger partial charge in [0.05, 0.1) is 0 Å². The van der Waals surface area contributed by atoms with Crippen LogP contribution in [0.25, 0.3) is 0 Å². The molecule has 0 aliphatic heterocycles. The maximum atomic E-state index is 12.2. The van der Waals surface area contributed by atoms with E-state index in [-0.39, 0.29) is 22.6 Å². The SMILES string of the molecule is CCC(CC)(/C(S)=C/C(C)=C/CCC(=O)C(C)(C)C)c1ccc(OCS(C)(=O)=O)c(C)c1. The Morgan fingerprint density at radius 1 is 1.16 bits per heavy atom. The maximum absolute atomic E-state index is 12.2. The van der Waals surface area contributed by atoms with E-state index in [0.717, 1.165) is 47.1 Å². The molecule has 0 bridgehead atoms. The van der Waals surface area contributed by atoms with E-state index in [1.54, 1.807) is 0 Å². The second-order valence-electron chi connectivity index (χ2n) is 9.65. The van der Waals surface area contributed by atoms with E-state index in [1.807, 2.05) is 46.8 Å². The third-order valence-electron chi connectivity index (χ3n) is 5.89. The lowest BCUT2D eigenvalue weighted by atomic mass is 9.74. The molecule has 1 aromatic carbocycles. The van der Waals surface area contributed by atoms with Crippen LogP contribution >= 0.6 is 12.6 Å². The van der Waals surface area contributed by atoms with Crippen molar-refractivity contribution in [3.8, 4) is 5.75 Å². The van der Waals surface area contributed by atoms with E-state index in [2.05, 4.69) is 32.1 Å². The first-order chi connectivity index (χ1) is 14.7. The van der Waals surface area contributed by atoms with Crippen LogP contribution in [0.5, 0.6) is 5.75 Å². The van der Waals surface area contributed by atoms with Crippen molar-refractivity contribution < 1.29 is 17.9 Å². The molecule has 0 saturated heterocycles. The Bertz CT molecular complexity index is 960. The zero-order chi connectivity index (χ0) is 24.7. The Morgan fingerprint density at radius 3 is 2.22 bits per heavy atom. The third-order valence-corrected chi connectivity index (χ3v) is 7.00. The Balaban J connectivity index is 3.14. The fourth-order valence-corrected chi connectivity index (χ4v) is 4.66. The second kappa shape index (κ2) is 11.6. The highest BCUT2D eigenvalue weighted by Crippen LogP contribution is 2.42. The van der Waals surface area contributed by atoms with Gasteiger partial charge in [0.2, 0.25) is 0 Å². The number of allylic oxidation sites excluding steroid dienone is 4. The van der Waals surface area contributed by atoms with Gasteiger partial charge in [0.15, 0.2) is 15.8 Å². The molecule has 1 rings (SSSR count). The molecule has 6 heteroatoms. The van der Waals surface area contributed by atoms with Crippen LogP contribution < -0.4 is 4.74 Å². The minimum Gasteiger partial charge on any atom is -0.478 e. The fourth-order valence-electron chi connectivity index (χ4n) is 3.67. The summed E-state index contributed by atoms with van der Waals surface area (Å²) in [6.07, 6.45) is 8.36. The average molecular weight is 481 g/mol. The van der Waals surface area contributed by atoms with E-state index < -0.39 is 9.84 Å². The highest BCUT2D eigenvalue weighted by atomic mass is 32.2. The monoisotopic (exact) mass is 480 g/mol. The molecule has 0 aliphatic carbocycles. The molecule has 0 saturated carbocycles. The zero-order valence-electron chi connectivity index (χ0n) is 20.9. The summed E-state index contributed by atoms with van der Waals surface area (Å²) < 4.78 is 28.3. The van der Waals surface area contributed by atoms with Gasteiger partial charge in [0.25, 0.3) is 0 Å². The number of rotatable bonds is 11. The number of benzene rings is 1. The molecule has 1 aromatic rings. The highest BCUT2D eigenvalue weighted by Gasteiger charge is 2.31. The van der Waals surface area contributed by atoms with Crippen LogP contribution in [0.4, 0.5) is 0 Å². The molecule has 4 nitrogen and oxygen atoms in total. The van der Waals surface area contributed by atoms with Crippen molar-refractivity contribution >= 4 is 28.2 Å². The van der Waals surface area contributed by atoms with E-state index in [0.29, 0.717) is 12.2 Å². The average Bonchev–Trinajstić information content (AvgIpc) is 2.67. The first-order valence-electron chi connectivity index (χ1n) is 11.2. The van der Waals surface area contributed by atoms with Gasteiger partial charge >= 0.3 is 0 Å². The highest BCUT2D eigenvalue weighted by molar-refractivity contribution is 7.90. The minimum absolute atomic E-state index is 0.250. The number of thiol groups is 1. The van der Waals surface area contributed by atoms with Crippen LogP contribution in [0.15, 0.2) is 40.8 Å². The van der Waals surface area contributed by atoms with Gasteiger partial charge < -0.3 is 4.74 Å². The zero-order valence-corrected chi connectivity index (χ0v) is 22.6. The van der Waals surface area contributed by atoms with Gasteiger partial charge in [-0.1, -0.05) is 58.4 Å². The van der Waals surface area contributed by atoms with E-state index in [9.17, 15) is 13.2 Å². The van der Waals surface area contributed by atoms with Crippen molar-refractivity contribution in [2.45, 2.75) is 79.6 Å². The van der Waals surface area contributed by atoms with Crippen molar-refractivity contribution in [2.75, 3.05) is 12.2 Å². The summed E-state index contributed by atoms with van der Waals surface area (Å²) in [5, 5.41) is 0. The van der Waals surface area contributed by atoms with E-state index in [1.165, 1.54) is 0 Å².